The molecule has 0 bridgehead atoms. The first kappa shape index (κ1) is 6.40. The Balaban J connectivity index is 2.94. The van der Waals surface area contributed by atoms with E-state index in [1.807, 2.05) is 32.0 Å². The number of hydrogen-bond donors (Lipinski definition) is 0. The highest BCUT2D eigenvalue weighted by molar-refractivity contribution is 5.82. The number of benzene rings is 1. The Morgan fingerprint density at radius 3 is 2.82 bits per heavy atom. The summed E-state index contributed by atoms with van der Waals surface area (Å²) in [5, 5.41) is 5.06. The number of nitrogens with zero attached hydrogens (tertiary/aromatic N) is 1. The van der Waals surface area contributed by atoms with Crippen LogP contribution in [0.15, 0.2) is 22.7 Å². The molecular formula is C9H9NO. The molecule has 1 heterocycles. The third kappa shape index (κ3) is 0.827. The summed E-state index contributed by atoms with van der Waals surface area (Å²) in [5.41, 5.74) is 2.14. The molecule has 0 saturated heterocycles. The van der Waals surface area contributed by atoms with Crippen molar-refractivity contribution in [2.45, 2.75) is 13.8 Å². The van der Waals surface area contributed by atoms with Gasteiger partial charge in [-0.2, -0.15) is 0 Å². The normalized spacial score (nSPS) is 10.7. The number of rotatable bonds is 0. The molecule has 0 aliphatic rings. The molecule has 0 fully saturated rings. The monoisotopic (exact) mass is 147 g/mol. The van der Waals surface area contributed by atoms with Gasteiger partial charge in [0, 0.05) is 5.39 Å². The van der Waals surface area contributed by atoms with Gasteiger partial charge in [0.15, 0.2) is 0 Å². The maximum Gasteiger partial charge on any atom is 0.141 e. The Morgan fingerprint density at radius 2 is 2.09 bits per heavy atom. The van der Waals surface area contributed by atoms with E-state index in [2.05, 4.69) is 5.16 Å². The highest BCUT2D eigenvalue weighted by atomic mass is 16.5. The zero-order valence-corrected chi connectivity index (χ0v) is 6.59. The molecule has 2 nitrogen and oxygen atoms in total. The summed E-state index contributed by atoms with van der Waals surface area (Å²) in [6, 6.07) is 6.07. The van der Waals surface area contributed by atoms with Gasteiger partial charge in [-0.15, -0.1) is 0 Å². The molecule has 0 radical (unpaired) electrons. The van der Waals surface area contributed by atoms with E-state index >= 15 is 0 Å². The lowest BCUT2D eigenvalue weighted by atomic mass is 10.1. The molecule has 0 aliphatic heterocycles. The van der Waals surface area contributed by atoms with Crippen LogP contribution in [0.2, 0.25) is 0 Å². The first-order valence-electron chi connectivity index (χ1n) is 3.60. The third-order valence-corrected chi connectivity index (χ3v) is 1.89. The van der Waals surface area contributed by atoms with Crippen LogP contribution in [-0.4, -0.2) is 5.16 Å². The van der Waals surface area contributed by atoms with E-state index < -0.39 is 0 Å². The molecule has 2 heteroatoms. The van der Waals surface area contributed by atoms with Crippen LogP contribution < -0.4 is 0 Å². The predicted molar refractivity (Wildman–Crippen MR) is 43.5 cm³/mol. The maximum atomic E-state index is 5.05. The summed E-state index contributed by atoms with van der Waals surface area (Å²) in [4.78, 5) is 0. The highest BCUT2D eigenvalue weighted by Gasteiger charge is 2.03. The topological polar surface area (TPSA) is 26.0 Å². The summed E-state index contributed by atoms with van der Waals surface area (Å²) < 4.78 is 5.05. The first-order valence-corrected chi connectivity index (χ1v) is 3.60. The fourth-order valence-electron chi connectivity index (χ4n) is 1.23. The summed E-state index contributed by atoms with van der Waals surface area (Å²) in [6.45, 7) is 3.96. The van der Waals surface area contributed by atoms with E-state index in [1.54, 1.807) is 0 Å². The lowest BCUT2D eigenvalue weighted by Crippen LogP contribution is -1.74. The minimum Gasteiger partial charge on any atom is -0.360 e. The zero-order chi connectivity index (χ0) is 7.84. The molecule has 1 aromatic carbocycles. The maximum absolute atomic E-state index is 5.05. The second kappa shape index (κ2) is 2.09. The summed E-state index contributed by atoms with van der Waals surface area (Å²) in [6.07, 6.45) is 0. The van der Waals surface area contributed by atoms with Gasteiger partial charge < -0.3 is 4.52 Å². The van der Waals surface area contributed by atoms with Crippen molar-refractivity contribution in [1.82, 2.24) is 5.16 Å². The molecule has 11 heavy (non-hydrogen) atoms. The lowest BCUT2D eigenvalue weighted by molar-refractivity contribution is 0.405. The molecule has 0 saturated carbocycles. The SMILES string of the molecule is Cc1onc2c(C)cccc12. The van der Waals surface area contributed by atoms with Gasteiger partial charge in [-0.25, -0.2) is 0 Å². The smallest absolute Gasteiger partial charge is 0.141 e. The Kier molecular flexibility index (Phi) is 1.22. The second-order valence-corrected chi connectivity index (χ2v) is 2.71. The highest BCUT2D eigenvalue weighted by Crippen LogP contribution is 2.19. The van der Waals surface area contributed by atoms with Crippen molar-refractivity contribution in [2.75, 3.05) is 0 Å². The minimum absolute atomic E-state index is 0.892. The third-order valence-electron chi connectivity index (χ3n) is 1.89. The van der Waals surface area contributed by atoms with Crippen LogP contribution in [0.25, 0.3) is 10.9 Å². The van der Waals surface area contributed by atoms with Gasteiger partial charge in [-0.05, 0) is 25.5 Å². The van der Waals surface area contributed by atoms with E-state index in [-0.39, 0.29) is 0 Å². The standard InChI is InChI=1S/C9H9NO/c1-6-4-3-5-8-7(2)11-10-9(6)8/h3-5H,1-2H3. The fourth-order valence-corrected chi connectivity index (χ4v) is 1.23. The Bertz CT molecular complexity index is 389. The van der Waals surface area contributed by atoms with Crippen molar-refractivity contribution in [3.8, 4) is 0 Å². The molecule has 56 valence electrons. The number of aryl methyl sites for hydroxylation is 2. The number of hydrogen-bond acceptors (Lipinski definition) is 2. The zero-order valence-electron chi connectivity index (χ0n) is 6.59. The lowest BCUT2D eigenvalue weighted by Gasteiger charge is -1.89. The Hall–Kier alpha value is -1.31. The van der Waals surface area contributed by atoms with Gasteiger partial charge in [-0.3, -0.25) is 0 Å². The van der Waals surface area contributed by atoms with Gasteiger partial charge in [0.1, 0.15) is 11.3 Å². The molecule has 0 amide bonds. The average molecular weight is 147 g/mol. The fraction of sp³-hybridized carbons (Fsp3) is 0.222. The summed E-state index contributed by atoms with van der Waals surface area (Å²) >= 11 is 0. The molecule has 2 rings (SSSR count). The van der Waals surface area contributed by atoms with Crippen LogP contribution in [0.4, 0.5) is 0 Å². The van der Waals surface area contributed by atoms with Crippen LogP contribution in [0, 0.1) is 13.8 Å². The first-order chi connectivity index (χ1) is 5.29. The summed E-state index contributed by atoms with van der Waals surface area (Å²) in [5.74, 6) is 0.892. The van der Waals surface area contributed by atoms with Crippen LogP contribution in [0.5, 0.6) is 0 Å². The molecule has 0 atom stereocenters. The molecular weight excluding hydrogens is 138 g/mol. The molecule has 0 N–H and O–H groups in total. The van der Waals surface area contributed by atoms with E-state index in [4.69, 9.17) is 4.52 Å². The van der Waals surface area contributed by atoms with Gasteiger partial charge in [0.25, 0.3) is 0 Å². The minimum atomic E-state index is 0.892. The second-order valence-electron chi connectivity index (χ2n) is 2.71. The van der Waals surface area contributed by atoms with Crippen molar-refractivity contribution >= 4 is 10.9 Å². The summed E-state index contributed by atoms with van der Waals surface area (Å²) in [7, 11) is 0. The molecule has 2 aromatic rings. The Labute approximate surface area is 64.8 Å². The number of aromatic nitrogens is 1. The van der Waals surface area contributed by atoms with E-state index in [0.29, 0.717) is 0 Å². The van der Waals surface area contributed by atoms with Crippen molar-refractivity contribution in [3.63, 3.8) is 0 Å². The van der Waals surface area contributed by atoms with E-state index in [1.165, 1.54) is 5.56 Å². The molecule has 0 aliphatic carbocycles. The van der Waals surface area contributed by atoms with Crippen molar-refractivity contribution in [1.29, 1.82) is 0 Å². The average Bonchev–Trinajstić information content (AvgIpc) is 2.35. The van der Waals surface area contributed by atoms with Crippen molar-refractivity contribution in [2.24, 2.45) is 0 Å². The molecule has 0 spiro atoms. The van der Waals surface area contributed by atoms with Gasteiger partial charge in [0.2, 0.25) is 0 Å². The van der Waals surface area contributed by atoms with E-state index in [0.717, 1.165) is 16.7 Å². The molecule has 1 aromatic heterocycles. The van der Waals surface area contributed by atoms with Crippen LogP contribution >= 0.6 is 0 Å². The predicted octanol–water partition coefficient (Wildman–Crippen LogP) is 2.44. The van der Waals surface area contributed by atoms with Gasteiger partial charge in [0.05, 0.1) is 0 Å². The molecule has 0 unspecified atom stereocenters. The Morgan fingerprint density at radius 1 is 1.27 bits per heavy atom. The van der Waals surface area contributed by atoms with Gasteiger partial charge in [-0.1, -0.05) is 17.3 Å². The number of fused-ring (bicyclic) bond motifs is 1. The van der Waals surface area contributed by atoms with Crippen LogP contribution in [0.1, 0.15) is 11.3 Å². The van der Waals surface area contributed by atoms with Crippen LogP contribution in [-0.2, 0) is 0 Å². The van der Waals surface area contributed by atoms with E-state index in [9.17, 15) is 0 Å². The largest absolute Gasteiger partial charge is 0.360 e. The van der Waals surface area contributed by atoms with Crippen molar-refractivity contribution < 1.29 is 4.52 Å². The van der Waals surface area contributed by atoms with Crippen molar-refractivity contribution in [3.05, 3.63) is 29.5 Å². The van der Waals surface area contributed by atoms with Gasteiger partial charge >= 0.3 is 0 Å². The quantitative estimate of drug-likeness (QED) is 0.572. The van der Waals surface area contributed by atoms with Crippen LogP contribution in [0.3, 0.4) is 0 Å².